The quantitative estimate of drug-likeness (QED) is 0.685. The lowest BCUT2D eigenvalue weighted by Gasteiger charge is -2.34. The van der Waals surface area contributed by atoms with Crippen LogP contribution in [-0.4, -0.2) is 49.7 Å². The van der Waals surface area contributed by atoms with Crippen LogP contribution in [0.2, 0.25) is 0 Å². The van der Waals surface area contributed by atoms with E-state index in [0.717, 1.165) is 16.5 Å². The van der Waals surface area contributed by atoms with Gasteiger partial charge in [0.2, 0.25) is 15.9 Å². The van der Waals surface area contributed by atoms with Gasteiger partial charge in [-0.05, 0) is 35.6 Å². The molecule has 1 aliphatic heterocycles. The lowest BCUT2D eigenvalue weighted by atomic mass is 10.1. The van der Waals surface area contributed by atoms with Crippen molar-refractivity contribution >= 4 is 31.9 Å². The van der Waals surface area contributed by atoms with Gasteiger partial charge in [-0.1, -0.05) is 58.4 Å². The average Bonchev–Trinajstić information content (AvgIpc) is 3.49. The van der Waals surface area contributed by atoms with Gasteiger partial charge in [-0.2, -0.15) is 4.31 Å². The van der Waals surface area contributed by atoms with Crippen LogP contribution in [0, 0.1) is 5.92 Å². The molecule has 0 aromatic heterocycles. The van der Waals surface area contributed by atoms with E-state index in [-0.39, 0.29) is 23.5 Å². The Balaban J connectivity index is 1.32. The van der Waals surface area contributed by atoms with Crippen LogP contribution in [0.4, 0.5) is 0 Å². The Morgan fingerprint density at radius 1 is 1.00 bits per heavy atom. The minimum Gasteiger partial charge on any atom is -0.340 e. The number of carbonyl (C=O) groups excluding carboxylic acids is 1. The first-order valence-electron chi connectivity index (χ1n) is 9.50. The SMILES string of the molecule is O=C(C1CC1c1cccc(Br)c1)N1CCN(S(=O)(=O)Cc2ccccc2)CC1. The smallest absolute Gasteiger partial charge is 0.226 e. The number of hydrogen-bond donors (Lipinski definition) is 0. The molecule has 148 valence electrons. The van der Waals surface area contributed by atoms with Crippen molar-refractivity contribution < 1.29 is 13.2 Å². The summed E-state index contributed by atoms with van der Waals surface area (Å²) in [5, 5.41) is 0. The molecule has 1 saturated heterocycles. The van der Waals surface area contributed by atoms with Crippen molar-refractivity contribution in [3.8, 4) is 0 Å². The Morgan fingerprint density at radius 3 is 2.39 bits per heavy atom. The molecule has 28 heavy (non-hydrogen) atoms. The van der Waals surface area contributed by atoms with Crippen LogP contribution in [0.1, 0.15) is 23.5 Å². The Hall–Kier alpha value is -1.70. The predicted molar refractivity (Wildman–Crippen MR) is 112 cm³/mol. The molecule has 2 atom stereocenters. The summed E-state index contributed by atoms with van der Waals surface area (Å²) in [6.45, 7) is 1.67. The van der Waals surface area contributed by atoms with E-state index in [2.05, 4.69) is 28.1 Å². The van der Waals surface area contributed by atoms with E-state index in [1.54, 1.807) is 0 Å². The third-order valence-corrected chi connectivity index (χ3v) is 7.86. The highest BCUT2D eigenvalue weighted by Crippen LogP contribution is 2.49. The fourth-order valence-corrected chi connectivity index (χ4v) is 5.80. The largest absolute Gasteiger partial charge is 0.340 e. The molecule has 0 radical (unpaired) electrons. The Morgan fingerprint density at radius 2 is 1.71 bits per heavy atom. The summed E-state index contributed by atoms with van der Waals surface area (Å²) in [6.07, 6.45) is 0.877. The van der Waals surface area contributed by atoms with Crippen molar-refractivity contribution in [2.75, 3.05) is 26.2 Å². The summed E-state index contributed by atoms with van der Waals surface area (Å²) in [7, 11) is -3.36. The molecule has 2 aromatic carbocycles. The minimum absolute atomic E-state index is 0.00930. The summed E-state index contributed by atoms with van der Waals surface area (Å²) in [4.78, 5) is 14.7. The van der Waals surface area contributed by atoms with Crippen molar-refractivity contribution in [2.24, 2.45) is 5.92 Å². The topological polar surface area (TPSA) is 57.7 Å². The third kappa shape index (κ3) is 4.31. The van der Waals surface area contributed by atoms with Crippen LogP contribution in [-0.2, 0) is 20.6 Å². The second kappa shape index (κ2) is 7.97. The summed E-state index contributed by atoms with van der Waals surface area (Å²) in [5.41, 5.74) is 1.98. The fourth-order valence-electron chi connectivity index (χ4n) is 3.87. The maximum Gasteiger partial charge on any atom is 0.226 e. The van der Waals surface area contributed by atoms with Crippen molar-refractivity contribution in [2.45, 2.75) is 18.1 Å². The Labute approximate surface area is 174 Å². The number of nitrogens with zero attached hydrogens (tertiary/aromatic N) is 2. The molecular weight excluding hydrogens is 440 g/mol. The average molecular weight is 463 g/mol. The lowest BCUT2D eigenvalue weighted by Crippen LogP contribution is -2.51. The molecular formula is C21H23BrN2O3S. The van der Waals surface area contributed by atoms with Crippen LogP contribution < -0.4 is 0 Å². The number of rotatable bonds is 5. The summed E-state index contributed by atoms with van der Waals surface area (Å²) in [5.74, 6) is 0.478. The maximum absolute atomic E-state index is 12.8. The number of piperazine rings is 1. The van der Waals surface area contributed by atoms with E-state index in [0.29, 0.717) is 26.2 Å². The first-order chi connectivity index (χ1) is 13.4. The second-order valence-electron chi connectivity index (χ2n) is 7.47. The molecule has 0 spiro atoms. The van der Waals surface area contributed by atoms with Gasteiger partial charge in [0, 0.05) is 36.6 Å². The second-order valence-corrected chi connectivity index (χ2v) is 10.4. The standard InChI is InChI=1S/C21H23BrN2O3S/c22-18-8-4-7-17(13-18)19-14-20(19)21(25)23-9-11-24(12-10-23)28(26,27)15-16-5-2-1-3-6-16/h1-8,13,19-20H,9-12,14-15H2. The van der Waals surface area contributed by atoms with Gasteiger partial charge < -0.3 is 4.90 Å². The van der Waals surface area contributed by atoms with Gasteiger partial charge in [0.1, 0.15) is 0 Å². The highest BCUT2D eigenvalue weighted by atomic mass is 79.9. The number of sulfonamides is 1. The third-order valence-electron chi connectivity index (χ3n) is 5.52. The lowest BCUT2D eigenvalue weighted by molar-refractivity contribution is -0.133. The van der Waals surface area contributed by atoms with E-state index in [1.807, 2.05) is 47.4 Å². The van der Waals surface area contributed by atoms with Crippen molar-refractivity contribution in [3.63, 3.8) is 0 Å². The molecule has 1 saturated carbocycles. The van der Waals surface area contributed by atoms with E-state index >= 15 is 0 Å². The zero-order valence-corrected chi connectivity index (χ0v) is 17.9. The highest BCUT2D eigenvalue weighted by Gasteiger charge is 2.46. The van der Waals surface area contributed by atoms with Crippen molar-refractivity contribution in [1.82, 2.24) is 9.21 Å². The Kier molecular flexibility index (Phi) is 5.58. The number of benzene rings is 2. The molecule has 1 amide bonds. The summed E-state index contributed by atoms with van der Waals surface area (Å²) < 4.78 is 27.9. The van der Waals surface area contributed by atoms with Crippen LogP contribution in [0.5, 0.6) is 0 Å². The van der Waals surface area contributed by atoms with Gasteiger partial charge in [-0.3, -0.25) is 4.79 Å². The van der Waals surface area contributed by atoms with E-state index < -0.39 is 10.0 Å². The predicted octanol–water partition coefficient (Wildman–Crippen LogP) is 3.23. The van der Waals surface area contributed by atoms with Gasteiger partial charge in [-0.25, -0.2) is 8.42 Å². The van der Waals surface area contributed by atoms with Gasteiger partial charge in [0.05, 0.1) is 5.75 Å². The van der Waals surface area contributed by atoms with Gasteiger partial charge in [0.25, 0.3) is 0 Å². The first kappa shape index (κ1) is 19.6. The molecule has 4 rings (SSSR count). The zero-order chi connectivity index (χ0) is 19.7. The van der Waals surface area contributed by atoms with Crippen molar-refractivity contribution in [3.05, 3.63) is 70.2 Å². The summed E-state index contributed by atoms with van der Waals surface area (Å²) >= 11 is 3.48. The van der Waals surface area contributed by atoms with E-state index in [9.17, 15) is 13.2 Å². The molecule has 5 nitrogen and oxygen atoms in total. The molecule has 7 heteroatoms. The van der Waals surface area contributed by atoms with Crippen LogP contribution in [0.15, 0.2) is 59.1 Å². The monoisotopic (exact) mass is 462 g/mol. The Bertz CT molecular complexity index is 957. The highest BCUT2D eigenvalue weighted by molar-refractivity contribution is 9.10. The molecule has 1 aliphatic carbocycles. The van der Waals surface area contributed by atoms with Gasteiger partial charge in [-0.15, -0.1) is 0 Å². The zero-order valence-electron chi connectivity index (χ0n) is 15.5. The molecule has 1 heterocycles. The normalized spacial score (nSPS) is 22.8. The summed E-state index contributed by atoms with van der Waals surface area (Å²) in [6, 6.07) is 17.3. The van der Waals surface area contributed by atoms with Gasteiger partial charge >= 0.3 is 0 Å². The molecule has 0 N–H and O–H groups in total. The van der Waals surface area contributed by atoms with Crippen LogP contribution in [0.3, 0.4) is 0 Å². The molecule has 2 aliphatic rings. The van der Waals surface area contributed by atoms with E-state index in [1.165, 1.54) is 9.87 Å². The number of carbonyl (C=O) groups is 1. The van der Waals surface area contributed by atoms with E-state index in [4.69, 9.17) is 0 Å². The molecule has 2 aromatic rings. The number of hydrogen-bond acceptors (Lipinski definition) is 3. The molecule has 2 unspecified atom stereocenters. The fraction of sp³-hybridized carbons (Fsp3) is 0.381. The van der Waals surface area contributed by atoms with Crippen LogP contribution >= 0.6 is 15.9 Å². The van der Waals surface area contributed by atoms with Crippen molar-refractivity contribution in [1.29, 1.82) is 0 Å². The maximum atomic E-state index is 12.8. The minimum atomic E-state index is -3.36. The number of amides is 1. The first-order valence-corrected chi connectivity index (χ1v) is 11.9. The molecule has 0 bridgehead atoms. The van der Waals surface area contributed by atoms with Gasteiger partial charge in [0.15, 0.2) is 0 Å². The molecule has 2 fully saturated rings. The van der Waals surface area contributed by atoms with Crippen LogP contribution in [0.25, 0.3) is 0 Å². The number of halogens is 1.